The third-order valence-electron chi connectivity index (χ3n) is 5.06. The average Bonchev–Trinajstić information content (AvgIpc) is 2.68. The zero-order valence-corrected chi connectivity index (χ0v) is 17.4. The average molecular weight is 403 g/mol. The number of hydrogen-bond donors (Lipinski definition) is 2. The summed E-state index contributed by atoms with van der Waals surface area (Å²) < 4.78 is 11.0. The summed E-state index contributed by atoms with van der Waals surface area (Å²) in [6.07, 6.45) is 2.48. The molecule has 0 aliphatic carbocycles. The summed E-state index contributed by atoms with van der Waals surface area (Å²) >= 11 is 0. The first-order chi connectivity index (χ1) is 13.8. The summed E-state index contributed by atoms with van der Waals surface area (Å²) in [4.78, 5) is 35.7. The van der Waals surface area contributed by atoms with Crippen LogP contribution in [0.5, 0.6) is 5.75 Å². The van der Waals surface area contributed by atoms with Crippen LogP contribution in [0.1, 0.15) is 52.5 Å². The molecule has 0 saturated carbocycles. The molecular weight excluding hydrogens is 374 g/mol. The second kappa shape index (κ2) is 10.1. The molecule has 0 bridgehead atoms. The van der Waals surface area contributed by atoms with Crippen LogP contribution in [-0.2, 0) is 16.0 Å². The molecule has 1 aromatic carbocycles. The number of hydrogen-bond acceptors (Lipinski definition) is 5. The number of nitrogens with one attached hydrogen (secondary N) is 1. The smallest absolute Gasteiger partial charge is 0.336 e. The SMILES string of the molecule is CCCCc1cc(=O)oc2cc(O[C@@H](C)C(=O)N[C@@H](C(=O)O)[C@@H](C)CC)ccc12. The van der Waals surface area contributed by atoms with Gasteiger partial charge in [0, 0.05) is 17.5 Å². The maximum Gasteiger partial charge on any atom is 0.336 e. The molecule has 0 fully saturated rings. The molecule has 0 aliphatic rings. The van der Waals surface area contributed by atoms with E-state index in [4.69, 9.17) is 9.15 Å². The van der Waals surface area contributed by atoms with Crippen LogP contribution < -0.4 is 15.7 Å². The van der Waals surface area contributed by atoms with Crippen LogP contribution in [0.4, 0.5) is 0 Å². The third kappa shape index (κ3) is 5.82. The lowest BCUT2D eigenvalue weighted by Crippen LogP contribution is -2.49. The Morgan fingerprint density at radius 1 is 1.21 bits per heavy atom. The van der Waals surface area contributed by atoms with Crippen molar-refractivity contribution < 1.29 is 23.8 Å². The predicted octanol–water partition coefficient (Wildman–Crippen LogP) is 3.52. The number of carboxylic acids is 1. The van der Waals surface area contributed by atoms with E-state index >= 15 is 0 Å². The molecule has 0 aliphatic heterocycles. The fraction of sp³-hybridized carbons (Fsp3) is 0.500. The second-order valence-corrected chi connectivity index (χ2v) is 7.32. The number of carbonyl (C=O) groups is 2. The fourth-order valence-corrected chi connectivity index (χ4v) is 3.07. The molecule has 0 spiro atoms. The van der Waals surface area contributed by atoms with Crippen LogP contribution in [0.15, 0.2) is 33.5 Å². The van der Waals surface area contributed by atoms with Gasteiger partial charge in [-0.25, -0.2) is 9.59 Å². The molecule has 2 aromatic rings. The predicted molar refractivity (Wildman–Crippen MR) is 110 cm³/mol. The monoisotopic (exact) mass is 403 g/mol. The third-order valence-corrected chi connectivity index (χ3v) is 5.06. The van der Waals surface area contributed by atoms with Gasteiger partial charge in [-0.2, -0.15) is 0 Å². The minimum atomic E-state index is -1.08. The minimum Gasteiger partial charge on any atom is -0.481 e. The van der Waals surface area contributed by atoms with Crippen molar-refractivity contribution in [2.24, 2.45) is 5.92 Å². The van der Waals surface area contributed by atoms with Crippen molar-refractivity contribution in [3.8, 4) is 5.75 Å². The van der Waals surface area contributed by atoms with Gasteiger partial charge in [-0.05, 0) is 43.4 Å². The van der Waals surface area contributed by atoms with Gasteiger partial charge in [0.25, 0.3) is 5.91 Å². The number of ether oxygens (including phenoxy) is 1. The molecule has 29 heavy (non-hydrogen) atoms. The molecule has 0 unspecified atom stereocenters. The summed E-state index contributed by atoms with van der Waals surface area (Å²) in [5.41, 5.74) is 0.898. The van der Waals surface area contributed by atoms with E-state index in [1.54, 1.807) is 26.0 Å². The van der Waals surface area contributed by atoms with Crippen LogP contribution in [0.25, 0.3) is 11.0 Å². The number of rotatable bonds is 10. The van der Waals surface area contributed by atoms with Crippen molar-refractivity contribution in [2.75, 3.05) is 0 Å². The number of unbranched alkanes of at least 4 members (excludes halogenated alkanes) is 1. The van der Waals surface area contributed by atoms with Gasteiger partial charge in [-0.1, -0.05) is 33.6 Å². The van der Waals surface area contributed by atoms with Gasteiger partial charge in [0.05, 0.1) is 0 Å². The molecule has 7 nitrogen and oxygen atoms in total. The number of aryl methyl sites for hydroxylation is 1. The van der Waals surface area contributed by atoms with E-state index in [1.807, 2.05) is 13.0 Å². The first-order valence-corrected chi connectivity index (χ1v) is 10.0. The highest BCUT2D eigenvalue weighted by Crippen LogP contribution is 2.24. The fourth-order valence-electron chi connectivity index (χ4n) is 3.07. The Morgan fingerprint density at radius 3 is 2.55 bits per heavy atom. The normalized spacial score (nSPS) is 14.2. The van der Waals surface area contributed by atoms with Crippen LogP contribution in [-0.4, -0.2) is 29.1 Å². The summed E-state index contributed by atoms with van der Waals surface area (Å²) in [5, 5.41) is 12.7. The molecule has 1 heterocycles. The van der Waals surface area contributed by atoms with E-state index in [0.717, 1.165) is 30.2 Å². The quantitative estimate of drug-likeness (QED) is 0.588. The molecule has 1 amide bonds. The molecule has 0 radical (unpaired) electrons. The largest absolute Gasteiger partial charge is 0.481 e. The number of benzene rings is 1. The van der Waals surface area contributed by atoms with Gasteiger partial charge in [0.15, 0.2) is 6.10 Å². The van der Waals surface area contributed by atoms with E-state index in [1.165, 1.54) is 6.07 Å². The highest BCUT2D eigenvalue weighted by molar-refractivity contribution is 5.86. The van der Waals surface area contributed by atoms with Crippen LogP contribution >= 0.6 is 0 Å². The molecule has 2 rings (SSSR count). The maximum absolute atomic E-state index is 12.4. The van der Waals surface area contributed by atoms with Crippen molar-refractivity contribution in [1.82, 2.24) is 5.32 Å². The highest BCUT2D eigenvalue weighted by atomic mass is 16.5. The van der Waals surface area contributed by atoms with E-state index in [2.05, 4.69) is 12.2 Å². The first-order valence-electron chi connectivity index (χ1n) is 10.0. The number of carbonyl (C=O) groups excluding carboxylic acids is 1. The number of carboxylic acid groups (broad SMARTS) is 1. The summed E-state index contributed by atoms with van der Waals surface area (Å²) in [7, 11) is 0. The Hall–Kier alpha value is -2.83. The summed E-state index contributed by atoms with van der Waals surface area (Å²) in [5.74, 6) is -1.44. The molecule has 7 heteroatoms. The van der Waals surface area contributed by atoms with E-state index in [0.29, 0.717) is 17.8 Å². The molecule has 2 N–H and O–H groups in total. The Morgan fingerprint density at radius 2 is 1.93 bits per heavy atom. The zero-order valence-electron chi connectivity index (χ0n) is 17.4. The van der Waals surface area contributed by atoms with Gasteiger partial charge >= 0.3 is 11.6 Å². The van der Waals surface area contributed by atoms with Crippen LogP contribution in [0.3, 0.4) is 0 Å². The number of amides is 1. The summed E-state index contributed by atoms with van der Waals surface area (Å²) in [6, 6.07) is 5.64. The molecule has 0 saturated heterocycles. The molecular formula is C22H29NO6. The van der Waals surface area contributed by atoms with Crippen molar-refractivity contribution in [2.45, 2.75) is 65.5 Å². The van der Waals surface area contributed by atoms with Crippen molar-refractivity contribution >= 4 is 22.8 Å². The van der Waals surface area contributed by atoms with E-state index < -0.39 is 29.6 Å². The zero-order chi connectivity index (χ0) is 21.6. The molecule has 158 valence electrons. The van der Waals surface area contributed by atoms with Crippen molar-refractivity contribution in [1.29, 1.82) is 0 Å². The number of aliphatic carboxylic acids is 1. The van der Waals surface area contributed by atoms with E-state index in [-0.39, 0.29) is 5.92 Å². The number of fused-ring (bicyclic) bond motifs is 1. The Kier molecular flexibility index (Phi) is 7.82. The standard InChI is InChI=1S/C22H29NO6/c1-5-7-8-15-11-19(24)29-18-12-16(9-10-17(15)18)28-14(4)21(25)23-20(22(26)27)13(3)6-2/h9-14,20H,5-8H2,1-4H3,(H,23,25)(H,26,27)/t13-,14-,20+/m0/s1. The molecule has 1 aromatic heterocycles. The van der Waals surface area contributed by atoms with Crippen LogP contribution in [0.2, 0.25) is 0 Å². The first kappa shape index (κ1) is 22.5. The van der Waals surface area contributed by atoms with Gasteiger partial charge in [0.2, 0.25) is 0 Å². The maximum atomic E-state index is 12.4. The van der Waals surface area contributed by atoms with Crippen molar-refractivity contribution in [3.05, 3.63) is 40.2 Å². The Bertz CT molecular complexity index is 919. The van der Waals surface area contributed by atoms with Gasteiger partial charge in [0.1, 0.15) is 17.4 Å². The lowest BCUT2D eigenvalue weighted by Gasteiger charge is -2.22. The van der Waals surface area contributed by atoms with Crippen LogP contribution in [0, 0.1) is 5.92 Å². The molecule has 3 atom stereocenters. The Labute approximate surface area is 170 Å². The Balaban J connectivity index is 2.17. The van der Waals surface area contributed by atoms with Gasteiger partial charge < -0.3 is 19.6 Å². The lowest BCUT2D eigenvalue weighted by atomic mass is 9.99. The topological polar surface area (TPSA) is 106 Å². The summed E-state index contributed by atoms with van der Waals surface area (Å²) in [6.45, 7) is 7.27. The van der Waals surface area contributed by atoms with Gasteiger partial charge in [-0.3, -0.25) is 4.79 Å². The minimum absolute atomic E-state index is 0.208. The van der Waals surface area contributed by atoms with Crippen molar-refractivity contribution in [3.63, 3.8) is 0 Å². The lowest BCUT2D eigenvalue weighted by molar-refractivity contribution is -0.144. The highest BCUT2D eigenvalue weighted by Gasteiger charge is 2.28. The van der Waals surface area contributed by atoms with Gasteiger partial charge in [-0.15, -0.1) is 0 Å². The second-order valence-electron chi connectivity index (χ2n) is 7.32. The van der Waals surface area contributed by atoms with E-state index in [9.17, 15) is 19.5 Å².